The number of rotatable bonds is 4. The summed E-state index contributed by atoms with van der Waals surface area (Å²) in [5.41, 5.74) is 2.65. The molecule has 0 atom stereocenters. The van der Waals surface area contributed by atoms with Crippen LogP contribution in [-0.4, -0.2) is 23.9 Å². The van der Waals surface area contributed by atoms with E-state index in [1.165, 1.54) is 24.0 Å². The third kappa shape index (κ3) is 2.66. The van der Waals surface area contributed by atoms with Gasteiger partial charge in [-0.15, -0.1) is 6.42 Å². The molecule has 19 heavy (non-hydrogen) atoms. The van der Waals surface area contributed by atoms with Crippen molar-refractivity contribution in [1.82, 2.24) is 4.90 Å². The monoisotopic (exact) mass is 253 g/mol. The van der Waals surface area contributed by atoms with Crippen LogP contribution in [0.4, 0.5) is 0 Å². The molecule has 1 saturated carbocycles. The first-order valence-electron chi connectivity index (χ1n) is 7.07. The Labute approximate surface area is 114 Å². The Bertz CT molecular complexity index is 499. The smallest absolute Gasteiger partial charge is 0.227 e. The maximum Gasteiger partial charge on any atom is 0.227 e. The number of fused-ring (bicyclic) bond motifs is 1. The van der Waals surface area contributed by atoms with Crippen LogP contribution in [0.5, 0.6) is 0 Å². The number of benzene rings is 1. The van der Waals surface area contributed by atoms with Gasteiger partial charge < -0.3 is 4.90 Å². The van der Waals surface area contributed by atoms with E-state index in [9.17, 15) is 4.79 Å². The van der Waals surface area contributed by atoms with Gasteiger partial charge in [0.25, 0.3) is 0 Å². The van der Waals surface area contributed by atoms with Gasteiger partial charge >= 0.3 is 0 Å². The highest BCUT2D eigenvalue weighted by molar-refractivity contribution is 5.80. The number of hydrogen-bond donors (Lipinski definition) is 0. The number of carbonyl (C=O) groups excluding carboxylic acids is 1. The zero-order valence-corrected chi connectivity index (χ0v) is 11.1. The van der Waals surface area contributed by atoms with Crippen LogP contribution < -0.4 is 0 Å². The average molecular weight is 253 g/mol. The molecule has 0 bridgehead atoms. The van der Waals surface area contributed by atoms with E-state index >= 15 is 0 Å². The number of carbonyl (C=O) groups is 1. The summed E-state index contributed by atoms with van der Waals surface area (Å²) in [5, 5.41) is 0. The molecule has 0 aromatic heterocycles. The van der Waals surface area contributed by atoms with Gasteiger partial charge in [-0.05, 0) is 42.7 Å². The fraction of sp³-hybridized carbons (Fsp3) is 0.471. The highest BCUT2D eigenvalue weighted by atomic mass is 16.2. The first kappa shape index (κ1) is 12.3. The average Bonchev–Trinajstić information content (AvgIpc) is 3.13. The highest BCUT2D eigenvalue weighted by Gasteiger charge is 2.33. The predicted octanol–water partition coefficient (Wildman–Crippen LogP) is 2.27. The van der Waals surface area contributed by atoms with Gasteiger partial charge in [0, 0.05) is 12.5 Å². The van der Waals surface area contributed by atoms with Crippen LogP contribution in [0.15, 0.2) is 24.3 Å². The lowest BCUT2D eigenvalue weighted by Crippen LogP contribution is -2.38. The van der Waals surface area contributed by atoms with Gasteiger partial charge in [0.15, 0.2) is 0 Å². The summed E-state index contributed by atoms with van der Waals surface area (Å²) in [4.78, 5) is 14.5. The minimum Gasteiger partial charge on any atom is -0.331 e. The van der Waals surface area contributed by atoms with E-state index in [1.54, 1.807) is 0 Å². The van der Waals surface area contributed by atoms with Gasteiger partial charge in [-0.2, -0.15) is 0 Å². The first-order chi connectivity index (χ1) is 9.28. The van der Waals surface area contributed by atoms with Crippen molar-refractivity contribution in [3.63, 3.8) is 0 Å². The Kier molecular flexibility index (Phi) is 3.29. The standard InChI is InChI=1S/C17H19NO/c1-2-9-18(12-13-7-8-13)17(19)16-10-14-5-3-4-6-15(14)11-16/h1,3-6,13,16H,7-12H2. The molecule has 2 heteroatoms. The molecule has 1 fully saturated rings. The number of terminal acetylenes is 1. The van der Waals surface area contributed by atoms with Crippen LogP contribution in [0.1, 0.15) is 24.0 Å². The molecule has 0 heterocycles. The second kappa shape index (κ2) is 5.09. The predicted molar refractivity (Wildman–Crippen MR) is 75.5 cm³/mol. The molecule has 2 nitrogen and oxygen atoms in total. The summed E-state index contributed by atoms with van der Waals surface area (Å²) in [6.07, 6.45) is 9.65. The molecular weight excluding hydrogens is 234 g/mol. The summed E-state index contributed by atoms with van der Waals surface area (Å²) in [7, 11) is 0. The fourth-order valence-corrected chi connectivity index (χ4v) is 2.95. The number of amides is 1. The van der Waals surface area contributed by atoms with Crippen LogP contribution in [0.25, 0.3) is 0 Å². The van der Waals surface area contributed by atoms with E-state index in [0.29, 0.717) is 12.5 Å². The Morgan fingerprint density at radius 1 is 1.26 bits per heavy atom. The summed E-state index contributed by atoms with van der Waals surface area (Å²) in [6, 6.07) is 8.37. The van der Waals surface area contributed by atoms with E-state index in [1.807, 2.05) is 4.90 Å². The summed E-state index contributed by atoms with van der Waals surface area (Å²) < 4.78 is 0. The summed E-state index contributed by atoms with van der Waals surface area (Å²) in [5.74, 6) is 3.68. The quantitative estimate of drug-likeness (QED) is 0.754. The molecular formula is C17H19NO. The molecule has 2 aliphatic carbocycles. The molecule has 1 aromatic rings. The zero-order chi connectivity index (χ0) is 13.2. The third-order valence-electron chi connectivity index (χ3n) is 4.17. The lowest BCUT2D eigenvalue weighted by Gasteiger charge is -2.23. The van der Waals surface area contributed by atoms with Crippen molar-refractivity contribution in [2.45, 2.75) is 25.7 Å². The van der Waals surface area contributed by atoms with Crippen molar-refractivity contribution in [3.8, 4) is 12.3 Å². The van der Waals surface area contributed by atoms with Gasteiger partial charge in [0.2, 0.25) is 5.91 Å². The van der Waals surface area contributed by atoms with Crippen molar-refractivity contribution in [2.75, 3.05) is 13.1 Å². The Morgan fingerprint density at radius 3 is 2.42 bits per heavy atom. The molecule has 0 spiro atoms. The Hall–Kier alpha value is -1.75. The van der Waals surface area contributed by atoms with Crippen LogP contribution in [0.2, 0.25) is 0 Å². The molecule has 3 rings (SSSR count). The molecule has 2 aliphatic rings. The van der Waals surface area contributed by atoms with E-state index in [0.717, 1.165) is 19.4 Å². The molecule has 0 N–H and O–H groups in total. The van der Waals surface area contributed by atoms with Gasteiger partial charge in [-0.3, -0.25) is 4.79 Å². The maximum absolute atomic E-state index is 12.6. The van der Waals surface area contributed by atoms with Crippen molar-refractivity contribution in [2.24, 2.45) is 11.8 Å². The second-order valence-corrected chi connectivity index (χ2v) is 5.74. The lowest BCUT2D eigenvalue weighted by atomic mass is 10.0. The van der Waals surface area contributed by atoms with Crippen LogP contribution >= 0.6 is 0 Å². The molecule has 0 aliphatic heterocycles. The van der Waals surface area contributed by atoms with E-state index in [2.05, 4.69) is 30.2 Å². The normalized spacial score (nSPS) is 17.8. The maximum atomic E-state index is 12.6. The number of hydrogen-bond acceptors (Lipinski definition) is 1. The minimum absolute atomic E-state index is 0.101. The Balaban J connectivity index is 1.68. The number of nitrogens with zero attached hydrogens (tertiary/aromatic N) is 1. The van der Waals surface area contributed by atoms with E-state index in [4.69, 9.17) is 6.42 Å². The SMILES string of the molecule is C#CCN(CC1CC1)C(=O)C1Cc2ccccc2C1. The first-order valence-corrected chi connectivity index (χ1v) is 7.07. The molecule has 0 saturated heterocycles. The van der Waals surface area contributed by atoms with Crippen LogP contribution in [0, 0.1) is 24.2 Å². The topological polar surface area (TPSA) is 20.3 Å². The summed E-state index contributed by atoms with van der Waals surface area (Å²) in [6.45, 7) is 1.32. The highest BCUT2D eigenvalue weighted by Crippen LogP contribution is 2.32. The van der Waals surface area contributed by atoms with Gasteiger partial charge in [-0.25, -0.2) is 0 Å². The van der Waals surface area contributed by atoms with Gasteiger partial charge in [-0.1, -0.05) is 30.2 Å². The van der Waals surface area contributed by atoms with Gasteiger partial charge in [0.05, 0.1) is 6.54 Å². The van der Waals surface area contributed by atoms with Crippen molar-refractivity contribution < 1.29 is 4.79 Å². The van der Waals surface area contributed by atoms with Gasteiger partial charge in [0.1, 0.15) is 0 Å². The molecule has 0 radical (unpaired) electrons. The van der Waals surface area contributed by atoms with Crippen molar-refractivity contribution in [1.29, 1.82) is 0 Å². The Morgan fingerprint density at radius 2 is 1.89 bits per heavy atom. The van der Waals surface area contributed by atoms with Crippen LogP contribution in [-0.2, 0) is 17.6 Å². The van der Waals surface area contributed by atoms with Crippen LogP contribution in [0.3, 0.4) is 0 Å². The molecule has 1 amide bonds. The van der Waals surface area contributed by atoms with E-state index < -0.39 is 0 Å². The second-order valence-electron chi connectivity index (χ2n) is 5.74. The zero-order valence-electron chi connectivity index (χ0n) is 11.1. The molecule has 0 unspecified atom stereocenters. The molecule has 98 valence electrons. The van der Waals surface area contributed by atoms with Crippen molar-refractivity contribution in [3.05, 3.63) is 35.4 Å². The lowest BCUT2D eigenvalue weighted by molar-refractivity contribution is -0.134. The largest absolute Gasteiger partial charge is 0.331 e. The third-order valence-corrected chi connectivity index (χ3v) is 4.17. The molecule has 1 aromatic carbocycles. The summed E-state index contributed by atoms with van der Waals surface area (Å²) >= 11 is 0. The van der Waals surface area contributed by atoms with Crippen molar-refractivity contribution >= 4 is 5.91 Å². The fourth-order valence-electron chi connectivity index (χ4n) is 2.95. The minimum atomic E-state index is 0.101. The van der Waals surface area contributed by atoms with E-state index in [-0.39, 0.29) is 11.8 Å².